The number of carbonyl (C=O) groups is 2. The predicted octanol–water partition coefficient (Wildman–Crippen LogP) is 1.67. The van der Waals surface area contributed by atoms with Gasteiger partial charge in [0, 0.05) is 25.4 Å². The van der Waals surface area contributed by atoms with Crippen molar-refractivity contribution in [1.29, 1.82) is 0 Å². The number of imide groups is 1. The van der Waals surface area contributed by atoms with E-state index in [1.165, 1.54) is 17.0 Å². The van der Waals surface area contributed by atoms with Crippen molar-refractivity contribution in [2.24, 2.45) is 0 Å². The summed E-state index contributed by atoms with van der Waals surface area (Å²) in [6.45, 7) is 4.31. The number of carbonyl (C=O) groups excluding carboxylic acids is 2. The van der Waals surface area contributed by atoms with E-state index in [4.69, 9.17) is 0 Å². The molecule has 0 spiro atoms. The highest BCUT2D eigenvalue weighted by Gasteiger charge is 2.29. The molecule has 0 saturated carbocycles. The maximum absolute atomic E-state index is 13.2. The average molecular weight is 331 g/mol. The van der Waals surface area contributed by atoms with Crippen molar-refractivity contribution < 1.29 is 14.0 Å². The predicted molar refractivity (Wildman–Crippen MR) is 86.5 cm³/mol. The normalized spacial score (nSPS) is 15.3. The molecule has 1 fully saturated rings. The van der Waals surface area contributed by atoms with Crippen LogP contribution < -0.4 is 10.6 Å². The van der Waals surface area contributed by atoms with Gasteiger partial charge in [-0.05, 0) is 37.6 Å². The fourth-order valence-electron chi connectivity index (χ4n) is 2.61. The number of benzene rings is 1. The lowest BCUT2D eigenvalue weighted by atomic mass is 10.2. The molecule has 126 valence electrons. The Morgan fingerprint density at radius 3 is 2.88 bits per heavy atom. The van der Waals surface area contributed by atoms with E-state index >= 15 is 0 Å². The van der Waals surface area contributed by atoms with Crippen LogP contribution in [0.5, 0.6) is 0 Å². The van der Waals surface area contributed by atoms with E-state index in [1.54, 1.807) is 36.9 Å². The summed E-state index contributed by atoms with van der Waals surface area (Å²) in [5, 5.41) is 9.93. The van der Waals surface area contributed by atoms with Crippen LogP contribution in [0.15, 0.2) is 30.5 Å². The van der Waals surface area contributed by atoms with Crippen LogP contribution in [0.1, 0.15) is 12.5 Å². The number of aryl methyl sites for hydroxylation is 1. The first-order valence-electron chi connectivity index (χ1n) is 7.63. The Kier molecular flexibility index (Phi) is 4.20. The number of aromatic nitrogens is 2. The van der Waals surface area contributed by atoms with E-state index < -0.39 is 6.04 Å². The number of anilines is 1. The van der Waals surface area contributed by atoms with Gasteiger partial charge in [-0.25, -0.2) is 13.9 Å². The summed E-state index contributed by atoms with van der Waals surface area (Å²) in [5.74, 6) is -0.110. The Labute approximate surface area is 138 Å². The lowest BCUT2D eigenvalue weighted by molar-refractivity contribution is -0.128. The quantitative estimate of drug-likeness (QED) is 0.893. The molecule has 1 aliphatic heterocycles. The number of amides is 3. The molecule has 7 nitrogen and oxygen atoms in total. The maximum Gasteiger partial charge on any atom is 0.324 e. The monoisotopic (exact) mass is 331 g/mol. The summed E-state index contributed by atoms with van der Waals surface area (Å²) >= 11 is 0. The van der Waals surface area contributed by atoms with E-state index in [0.29, 0.717) is 18.9 Å². The van der Waals surface area contributed by atoms with Gasteiger partial charge in [-0.2, -0.15) is 5.10 Å². The molecule has 0 bridgehead atoms. The van der Waals surface area contributed by atoms with E-state index in [0.717, 1.165) is 11.3 Å². The van der Waals surface area contributed by atoms with Gasteiger partial charge < -0.3 is 10.6 Å². The number of halogens is 1. The van der Waals surface area contributed by atoms with Gasteiger partial charge in [-0.15, -0.1) is 0 Å². The summed E-state index contributed by atoms with van der Waals surface area (Å²) in [7, 11) is 0. The molecule has 1 saturated heterocycles. The minimum absolute atomic E-state index is 0.301. The smallest absolute Gasteiger partial charge is 0.324 e. The third kappa shape index (κ3) is 3.08. The van der Waals surface area contributed by atoms with Crippen molar-refractivity contribution in [3.8, 4) is 5.69 Å². The highest BCUT2D eigenvalue weighted by molar-refractivity contribution is 5.99. The van der Waals surface area contributed by atoms with Crippen molar-refractivity contribution >= 4 is 17.8 Å². The van der Waals surface area contributed by atoms with Crippen molar-refractivity contribution in [1.82, 2.24) is 20.0 Å². The molecular weight excluding hydrogens is 313 g/mol. The standard InChI is InChI=1S/C16H18FN5O2/c1-10-9-12(17)3-4-13(10)22-7-5-14(20-22)19-11(2)15(23)21-8-6-18-16(21)24/h3-5,7,9,11H,6,8H2,1-2H3,(H,18,24)(H,19,20). The zero-order valence-corrected chi connectivity index (χ0v) is 13.4. The van der Waals surface area contributed by atoms with Crippen molar-refractivity contribution in [2.45, 2.75) is 19.9 Å². The zero-order chi connectivity index (χ0) is 17.3. The molecule has 1 aromatic carbocycles. The minimum atomic E-state index is -0.591. The third-order valence-electron chi connectivity index (χ3n) is 3.85. The molecule has 0 aliphatic carbocycles. The Hall–Kier alpha value is -2.90. The molecule has 2 heterocycles. The molecule has 1 aliphatic rings. The summed E-state index contributed by atoms with van der Waals surface area (Å²) in [6.07, 6.45) is 1.72. The van der Waals surface area contributed by atoms with Gasteiger partial charge >= 0.3 is 6.03 Å². The van der Waals surface area contributed by atoms with Crippen LogP contribution in [-0.4, -0.2) is 45.8 Å². The third-order valence-corrected chi connectivity index (χ3v) is 3.85. The van der Waals surface area contributed by atoms with Crippen LogP contribution in [0.4, 0.5) is 15.0 Å². The van der Waals surface area contributed by atoms with Crippen LogP contribution in [0.3, 0.4) is 0 Å². The second-order valence-electron chi connectivity index (χ2n) is 5.66. The molecule has 24 heavy (non-hydrogen) atoms. The fraction of sp³-hybridized carbons (Fsp3) is 0.312. The van der Waals surface area contributed by atoms with Gasteiger partial charge in [-0.3, -0.25) is 9.69 Å². The summed E-state index contributed by atoms with van der Waals surface area (Å²) in [6, 6.07) is 5.20. The van der Waals surface area contributed by atoms with Crippen LogP contribution in [-0.2, 0) is 4.79 Å². The number of nitrogens with zero attached hydrogens (tertiary/aromatic N) is 3. The molecular formula is C16H18FN5O2. The van der Waals surface area contributed by atoms with Gasteiger partial charge in [0.2, 0.25) is 0 Å². The Bertz CT molecular complexity index is 789. The van der Waals surface area contributed by atoms with Crippen LogP contribution in [0.2, 0.25) is 0 Å². The lowest BCUT2D eigenvalue weighted by Crippen LogP contribution is -2.43. The Morgan fingerprint density at radius 1 is 1.42 bits per heavy atom. The topological polar surface area (TPSA) is 79.3 Å². The fourth-order valence-corrected chi connectivity index (χ4v) is 2.61. The van der Waals surface area contributed by atoms with Crippen LogP contribution in [0.25, 0.3) is 5.69 Å². The summed E-state index contributed by atoms with van der Waals surface area (Å²) in [4.78, 5) is 25.0. The molecule has 1 aromatic heterocycles. The molecule has 1 unspecified atom stereocenters. The molecule has 3 rings (SSSR count). The number of hydrogen-bond donors (Lipinski definition) is 2. The molecule has 1 atom stereocenters. The Morgan fingerprint density at radius 2 is 2.21 bits per heavy atom. The molecule has 2 aromatic rings. The number of rotatable bonds is 4. The zero-order valence-electron chi connectivity index (χ0n) is 13.4. The first-order chi connectivity index (χ1) is 11.5. The van der Waals surface area contributed by atoms with Gasteiger partial charge in [0.15, 0.2) is 0 Å². The highest BCUT2D eigenvalue weighted by Crippen LogP contribution is 2.17. The minimum Gasteiger partial charge on any atom is -0.357 e. The van der Waals surface area contributed by atoms with Crippen LogP contribution in [0, 0.1) is 12.7 Å². The van der Waals surface area contributed by atoms with E-state index in [1.807, 2.05) is 0 Å². The first-order valence-corrected chi connectivity index (χ1v) is 7.63. The highest BCUT2D eigenvalue weighted by atomic mass is 19.1. The Balaban J connectivity index is 1.71. The number of urea groups is 1. The maximum atomic E-state index is 13.2. The van der Waals surface area contributed by atoms with E-state index in [2.05, 4.69) is 15.7 Å². The number of nitrogens with one attached hydrogen (secondary N) is 2. The largest absolute Gasteiger partial charge is 0.357 e. The molecule has 3 amide bonds. The van der Waals surface area contributed by atoms with Crippen molar-refractivity contribution in [3.63, 3.8) is 0 Å². The number of hydrogen-bond acceptors (Lipinski definition) is 4. The molecule has 8 heteroatoms. The van der Waals surface area contributed by atoms with E-state index in [9.17, 15) is 14.0 Å². The van der Waals surface area contributed by atoms with Gasteiger partial charge in [0.25, 0.3) is 5.91 Å². The molecule has 0 radical (unpaired) electrons. The SMILES string of the molecule is Cc1cc(F)ccc1-n1ccc(NC(C)C(=O)N2CCNC2=O)n1. The van der Waals surface area contributed by atoms with Gasteiger partial charge in [-0.1, -0.05) is 0 Å². The lowest BCUT2D eigenvalue weighted by Gasteiger charge is -2.18. The molecule has 2 N–H and O–H groups in total. The first kappa shape index (κ1) is 16.0. The van der Waals surface area contributed by atoms with Crippen LogP contribution >= 0.6 is 0 Å². The summed E-state index contributed by atoms with van der Waals surface area (Å²) in [5.41, 5.74) is 1.50. The second kappa shape index (κ2) is 6.31. The van der Waals surface area contributed by atoms with Gasteiger partial charge in [0.1, 0.15) is 17.7 Å². The van der Waals surface area contributed by atoms with Crippen molar-refractivity contribution in [3.05, 3.63) is 41.8 Å². The average Bonchev–Trinajstić information content (AvgIpc) is 3.15. The summed E-state index contributed by atoms with van der Waals surface area (Å²) < 4.78 is 14.8. The van der Waals surface area contributed by atoms with Gasteiger partial charge in [0.05, 0.1) is 5.69 Å². The van der Waals surface area contributed by atoms with E-state index in [-0.39, 0.29) is 17.8 Å². The van der Waals surface area contributed by atoms with Crippen molar-refractivity contribution in [2.75, 3.05) is 18.4 Å². The second-order valence-corrected chi connectivity index (χ2v) is 5.66.